The SMILES string of the molecule is Cc1ncccc1C(CCOC(=O)N(C)C)NCCCCCCCCCCNC(CCOC(=O)N(C)C)c1cccnc1C. The maximum Gasteiger partial charge on any atom is 0.409 e. The highest BCUT2D eigenvalue weighted by molar-refractivity contribution is 5.67. The molecule has 0 spiro atoms. The predicted octanol–water partition coefficient (Wildman–Crippen LogP) is 6.35. The van der Waals surface area contributed by atoms with Gasteiger partial charge < -0.3 is 29.9 Å². The molecule has 10 nitrogen and oxygen atoms in total. The number of aryl methyl sites for hydroxylation is 2. The molecule has 0 fully saturated rings. The lowest BCUT2D eigenvalue weighted by Gasteiger charge is -2.21. The second kappa shape index (κ2) is 21.5. The van der Waals surface area contributed by atoms with E-state index in [1.165, 1.54) is 48.3 Å². The summed E-state index contributed by atoms with van der Waals surface area (Å²) in [6, 6.07) is 8.36. The third kappa shape index (κ3) is 14.5. The van der Waals surface area contributed by atoms with Crippen molar-refractivity contribution in [3.63, 3.8) is 0 Å². The lowest BCUT2D eigenvalue weighted by molar-refractivity contribution is 0.113. The lowest BCUT2D eigenvalue weighted by Crippen LogP contribution is -2.27. The van der Waals surface area contributed by atoms with Crippen LogP contribution in [0.4, 0.5) is 9.59 Å². The topological polar surface area (TPSA) is 109 Å². The molecule has 0 saturated heterocycles. The normalized spacial score (nSPS) is 12.4. The molecule has 0 aromatic carbocycles. The number of nitrogens with zero attached hydrogens (tertiary/aromatic N) is 4. The number of nitrogens with one attached hydrogen (secondary N) is 2. The van der Waals surface area contributed by atoms with Gasteiger partial charge in [-0.25, -0.2) is 9.59 Å². The van der Waals surface area contributed by atoms with E-state index in [0.717, 1.165) is 48.4 Å². The number of hydrogen-bond acceptors (Lipinski definition) is 8. The van der Waals surface area contributed by atoms with Crippen LogP contribution in [0.15, 0.2) is 36.7 Å². The number of unbranched alkanes of at least 4 members (excludes halogenated alkanes) is 7. The van der Waals surface area contributed by atoms with Crippen molar-refractivity contribution in [2.24, 2.45) is 0 Å². The molecule has 0 aliphatic heterocycles. The number of amides is 2. The van der Waals surface area contributed by atoms with E-state index in [-0.39, 0.29) is 24.3 Å². The Hall–Kier alpha value is -3.24. The molecule has 2 heterocycles. The van der Waals surface area contributed by atoms with Crippen LogP contribution in [0.3, 0.4) is 0 Å². The molecule has 0 aliphatic rings. The average Bonchev–Trinajstić information content (AvgIpc) is 3.00. The zero-order valence-corrected chi connectivity index (χ0v) is 27.9. The third-order valence-electron chi connectivity index (χ3n) is 7.73. The van der Waals surface area contributed by atoms with Crippen molar-refractivity contribution in [2.45, 2.75) is 90.1 Å². The molecule has 2 unspecified atom stereocenters. The third-order valence-corrected chi connectivity index (χ3v) is 7.73. The molecule has 246 valence electrons. The first-order valence-electron chi connectivity index (χ1n) is 16.2. The molecular formula is C34H56N6O4. The molecule has 0 radical (unpaired) electrons. The Labute approximate surface area is 265 Å². The molecule has 2 aromatic rings. The Kier molecular flexibility index (Phi) is 18.0. The van der Waals surface area contributed by atoms with Crippen LogP contribution in [0.1, 0.15) is 98.8 Å². The van der Waals surface area contributed by atoms with Crippen molar-refractivity contribution < 1.29 is 19.1 Å². The Morgan fingerprint density at radius 3 is 1.36 bits per heavy atom. The smallest absolute Gasteiger partial charge is 0.409 e. The van der Waals surface area contributed by atoms with Crippen LogP contribution in [0.25, 0.3) is 0 Å². The molecule has 10 heteroatoms. The number of pyridine rings is 2. The number of carbonyl (C=O) groups is 2. The van der Waals surface area contributed by atoms with Gasteiger partial charge in [-0.3, -0.25) is 9.97 Å². The average molecular weight is 613 g/mol. The first kappa shape index (κ1) is 36.9. The zero-order chi connectivity index (χ0) is 32.2. The van der Waals surface area contributed by atoms with E-state index >= 15 is 0 Å². The first-order chi connectivity index (χ1) is 21.2. The zero-order valence-electron chi connectivity index (χ0n) is 27.9. The second-order valence-electron chi connectivity index (χ2n) is 11.8. The van der Waals surface area contributed by atoms with Gasteiger partial charge in [0, 0.05) is 76.9 Å². The van der Waals surface area contributed by atoms with Crippen LogP contribution in [0.5, 0.6) is 0 Å². The van der Waals surface area contributed by atoms with E-state index in [1.54, 1.807) is 28.2 Å². The molecule has 0 saturated carbocycles. The molecule has 2 amide bonds. The highest BCUT2D eigenvalue weighted by atomic mass is 16.6. The molecule has 44 heavy (non-hydrogen) atoms. The summed E-state index contributed by atoms with van der Waals surface area (Å²) in [4.78, 5) is 35.4. The fraction of sp³-hybridized carbons (Fsp3) is 0.647. The maximum absolute atomic E-state index is 11.8. The monoisotopic (exact) mass is 612 g/mol. The van der Waals surface area contributed by atoms with Gasteiger partial charge in [0.15, 0.2) is 0 Å². The largest absolute Gasteiger partial charge is 0.449 e. The molecule has 2 rings (SSSR count). The molecule has 2 atom stereocenters. The van der Waals surface area contributed by atoms with E-state index in [0.29, 0.717) is 26.1 Å². The van der Waals surface area contributed by atoms with Gasteiger partial charge in [-0.2, -0.15) is 0 Å². The number of hydrogen-bond donors (Lipinski definition) is 2. The predicted molar refractivity (Wildman–Crippen MR) is 176 cm³/mol. The maximum atomic E-state index is 11.8. The Balaban J connectivity index is 1.60. The van der Waals surface area contributed by atoms with Gasteiger partial charge in [0.25, 0.3) is 0 Å². The second-order valence-corrected chi connectivity index (χ2v) is 11.8. The highest BCUT2D eigenvalue weighted by Gasteiger charge is 2.16. The highest BCUT2D eigenvalue weighted by Crippen LogP contribution is 2.21. The first-order valence-corrected chi connectivity index (χ1v) is 16.2. The Bertz CT molecular complexity index is 1010. The molecule has 0 bridgehead atoms. The van der Waals surface area contributed by atoms with E-state index in [2.05, 4.69) is 32.7 Å². The molecule has 0 aliphatic carbocycles. The standard InChI is InChI=1S/C34H56N6O4/c1-27-29(17-15-23-35-27)31(19-25-43-33(41)39(3)4)37-21-13-11-9-7-8-10-12-14-22-38-32(20-26-44-34(42)40(5)6)30-18-16-24-36-28(30)2/h15-18,23-24,31-32,37-38H,7-14,19-22,25-26H2,1-6H3. The summed E-state index contributed by atoms with van der Waals surface area (Å²) < 4.78 is 10.7. The van der Waals surface area contributed by atoms with Crippen molar-refractivity contribution in [3.05, 3.63) is 59.2 Å². The number of carbonyl (C=O) groups excluding carboxylic acids is 2. The minimum atomic E-state index is -0.313. The summed E-state index contributed by atoms with van der Waals surface area (Å²) in [5, 5.41) is 7.34. The van der Waals surface area contributed by atoms with Crippen molar-refractivity contribution in [1.29, 1.82) is 0 Å². The van der Waals surface area contributed by atoms with Crippen LogP contribution < -0.4 is 10.6 Å². The Morgan fingerprint density at radius 1 is 0.659 bits per heavy atom. The van der Waals surface area contributed by atoms with Gasteiger partial charge in [-0.05, 0) is 63.0 Å². The van der Waals surface area contributed by atoms with E-state index < -0.39 is 0 Å². The van der Waals surface area contributed by atoms with Crippen LogP contribution in [0.2, 0.25) is 0 Å². The van der Waals surface area contributed by atoms with Crippen LogP contribution in [-0.2, 0) is 9.47 Å². The summed E-state index contributed by atoms with van der Waals surface area (Å²) in [6.07, 6.45) is 14.1. The van der Waals surface area contributed by atoms with Crippen LogP contribution in [0, 0.1) is 13.8 Å². The van der Waals surface area contributed by atoms with Crippen molar-refractivity contribution in [1.82, 2.24) is 30.4 Å². The number of rotatable bonds is 21. The van der Waals surface area contributed by atoms with Gasteiger partial charge in [0.05, 0.1) is 13.2 Å². The van der Waals surface area contributed by atoms with Gasteiger partial charge >= 0.3 is 12.2 Å². The van der Waals surface area contributed by atoms with Gasteiger partial charge in [-0.15, -0.1) is 0 Å². The van der Waals surface area contributed by atoms with E-state index in [9.17, 15) is 9.59 Å². The summed E-state index contributed by atoms with van der Waals surface area (Å²) >= 11 is 0. The van der Waals surface area contributed by atoms with Crippen molar-refractivity contribution in [2.75, 3.05) is 54.5 Å². The summed E-state index contributed by atoms with van der Waals surface area (Å²) in [5.74, 6) is 0. The number of ether oxygens (including phenoxy) is 2. The van der Waals surface area contributed by atoms with Gasteiger partial charge in [0.2, 0.25) is 0 Å². The van der Waals surface area contributed by atoms with Crippen molar-refractivity contribution >= 4 is 12.2 Å². The van der Waals surface area contributed by atoms with Gasteiger partial charge in [-0.1, -0.05) is 50.7 Å². The summed E-state index contributed by atoms with van der Waals surface area (Å²) in [7, 11) is 6.77. The molecule has 2 aromatic heterocycles. The molecule has 2 N–H and O–H groups in total. The molecular weight excluding hydrogens is 556 g/mol. The van der Waals surface area contributed by atoms with Gasteiger partial charge in [0.1, 0.15) is 0 Å². The minimum absolute atomic E-state index is 0.113. The van der Waals surface area contributed by atoms with Crippen molar-refractivity contribution in [3.8, 4) is 0 Å². The quantitative estimate of drug-likeness (QED) is 0.157. The fourth-order valence-electron chi connectivity index (χ4n) is 5.11. The van der Waals surface area contributed by atoms with E-state index in [4.69, 9.17) is 9.47 Å². The summed E-state index contributed by atoms with van der Waals surface area (Å²) in [6.45, 7) is 6.65. The Morgan fingerprint density at radius 2 is 1.02 bits per heavy atom. The minimum Gasteiger partial charge on any atom is -0.449 e. The summed E-state index contributed by atoms with van der Waals surface area (Å²) in [5.41, 5.74) is 4.34. The van der Waals surface area contributed by atoms with Crippen LogP contribution >= 0.6 is 0 Å². The van der Waals surface area contributed by atoms with E-state index in [1.807, 2.05) is 38.4 Å². The fourth-order valence-corrected chi connectivity index (χ4v) is 5.11. The van der Waals surface area contributed by atoms with Crippen LogP contribution in [-0.4, -0.2) is 86.4 Å². The number of aromatic nitrogens is 2. The lowest BCUT2D eigenvalue weighted by atomic mass is 10.0.